The van der Waals surface area contributed by atoms with Gasteiger partial charge in [0.15, 0.2) is 0 Å². The Labute approximate surface area is 193 Å². The first-order valence-corrected chi connectivity index (χ1v) is 10.4. The number of amides is 1. The number of nitrogens with zero attached hydrogens (tertiary/aromatic N) is 2. The number of rotatable bonds is 5. The summed E-state index contributed by atoms with van der Waals surface area (Å²) in [6, 6.07) is 14.5. The molecule has 7 nitrogen and oxygen atoms in total. The molecule has 0 saturated carbocycles. The van der Waals surface area contributed by atoms with E-state index >= 15 is 0 Å². The first-order chi connectivity index (χ1) is 15.5. The van der Waals surface area contributed by atoms with Crippen LogP contribution in [-0.2, 0) is 9.59 Å². The van der Waals surface area contributed by atoms with E-state index in [0.717, 1.165) is 4.47 Å². The van der Waals surface area contributed by atoms with E-state index in [1.807, 2.05) is 6.07 Å². The molecule has 1 fully saturated rings. The molecule has 1 N–H and O–H groups in total. The molecule has 0 bridgehead atoms. The molecule has 4 rings (SSSR count). The van der Waals surface area contributed by atoms with Crippen LogP contribution in [0.2, 0.25) is 0 Å². The van der Waals surface area contributed by atoms with E-state index in [0.29, 0.717) is 22.7 Å². The Kier molecular flexibility index (Phi) is 5.96. The Morgan fingerprint density at radius 1 is 1.06 bits per heavy atom. The van der Waals surface area contributed by atoms with Crippen molar-refractivity contribution in [1.82, 2.24) is 4.98 Å². The third kappa shape index (κ3) is 3.73. The molecule has 0 aliphatic carbocycles. The van der Waals surface area contributed by atoms with E-state index in [2.05, 4.69) is 20.9 Å². The minimum Gasteiger partial charge on any atom is -0.507 e. The fourth-order valence-electron chi connectivity index (χ4n) is 3.72. The van der Waals surface area contributed by atoms with E-state index in [-0.39, 0.29) is 16.9 Å². The smallest absolute Gasteiger partial charge is 0.300 e. The molecule has 0 radical (unpaired) electrons. The van der Waals surface area contributed by atoms with Crippen molar-refractivity contribution in [3.8, 4) is 11.5 Å². The van der Waals surface area contributed by atoms with Gasteiger partial charge in [-0.25, -0.2) is 0 Å². The number of methoxy groups -OCH3 is 2. The van der Waals surface area contributed by atoms with E-state index in [1.54, 1.807) is 60.9 Å². The van der Waals surface area contributed by atoms with E-state index < -0.39 is 17.7 Å². The van der Waals surface area contributed by atoms with Gasteiger partial charge in [0.05, 0.1) is 31.4 Å². The second kappa shape index (κ2) is 8.84. The summed E-state index contributed by atoms with van der Waals surface area (Å²) in [6.45, 7) is 0. The largest absolute Gasteiger partial charge is 0.507 e. The monoisotopic (exact) mass is 494 g/mol. The molecule has 1 saturated heterocycles. The van der Waals surface area contributed by atoms with Gasteiger partial charge in [0.25, 0.3) is 11.7 Å². The summed E-state index contributed by atoms with van der Waals surface area (Å²) in [5.41, 5.74) is 1.32. The van der Waals surface area contributed by atoms with Gasteiger partial charge in [-0.3, -0.25) is 19.5 Å². The molecule has 0 spiro atoms. The minimum atomic E-state index is -0.871. The first kappa shape index (κ1) is 21.6. The summed E-state index contributed by atoms with van der Waals surface area (Å²) in [6.07, 6.45) is 3.17. The number of anilines is 1. The first-order valence-electron chi connectivity index (χ1n) is 9.65. The maximum absolute atomic E-state index is 13.2. The van der Waals surface area contributed by atoms with Crippen molar-refractivity contribution in [3.05, 3.63) is 88.2 Å². The lowest BCUT2D eigenvalue weighted by molar-refractivity contribution is -0.132. The fraction of sp³-hybridized carbons (Fsp3) is 0.125. The number of halogens is 1. The molecule has 1 amide bonds. The Morgan fingerprint density at radius 2 is 1.88 bits per heavy atom. The summed E-state index contributed by atoms with van der Waals surface area (Å²) in [4.78, 5) is 31.8. The highest BCUT2D eigenvalue weighted by Gasteiger charge is 2.47. The van der Waals surface area contributed by atoms with Crippen LogP contribution in [0.3, 0.4) is 0 Å². The van der Waals surface area contributed by atoms with Crippen LogP contribution in [0.4, 0.5) is 5.69 Å². The number of aliphatic hydroxyl groups is 1. The standard InChI is InChI=1S/C24H19BrN2O5/c1-31-17-8-9-18(19(12-17)32-2)22(28)20-21(14-5-4-10-26-13-14)27(24(30)23(20)29)16-7-3-6-15(25)11-16/h3-13,21,28H,1-2H3/b22-20-. The summed E-state index contributed by atoms with van der Waals surface area (Å²) >= 11 is 3.41. The zero-order chi connectivity index (χ0) is 22.8. The third-order valence-electron chi connectivity index (χ3n) is 5.19. The number of benzene rings is 2. The van der Waals surface area contributed by atoms with Crippen LogP contribution < -0.4 is 14.4 Å². The lowest BCUT2D eigenvalue weighted by atomic mass is 9.95. The molecule has 1 atom stereocenters. The van der Waals surface area contributed by atoms with Gasteiger partial charge >= 0.3 is 0 Å². The molecule has 1 aliphatic heterocycles. The Morgan fingerprint density at radius 3 is 2.53 bits per heavy atom. The van der Waals surface area contributed by atoms with Crippen molar-refractivity contribution in [2.24, 2.45) is 0 Å². The van der Waals surface area contributed by atoms with Crippen LogP contribution in [0, 0.1) is 0 Å². The van der Waals surface area contributed by atoms with Gasteiger partial charge < -0.3 is 14.6 Å². The number of aliphatic hydroxyl groups excluding tert-OH is 1. The number of hydrogen-bond acceptors (Lipinski definition) is 6. The number of carbonyl (C=O) groups is 2. The zero-order valence-corrected chi connectivity index (χ0v) is 18.9. The van der Waals surface area contributed by atoms with Gasteiger partial charge in [0, 0.05) is 28.6 Å². The maximum Gasteiger partial charge on any atom is 0.300 e. The Hall–Kier alpha value is -3.65. The van der Waals surface area contributed by atoms with Gasteiger partial charge in [0.2, 0.25) is 0 Å². The highest BCUT2D eigenvalue weighted by Crippen LogP contribution is 2.43. The zero-order valence-electron chi connectivity index (χ0n) is 17.3. The summed E-state index contributed by atoms with van der Waals surface area (Å²) in [7, 11) is 2.96. The van der Waals surface area contributed by atoms with Crippen LogP contribution >= 0.6 is 15.9 Å². The highest BCUT2D eigenvalue weighted by atomic mass is 79.9. The van der Waals surface area contributed by atoms with Gasteiger partial charge in [-0.2, -0.15) is 0 Å². The van der Waals surface area contributed by atoms with Crippen molar-refractivity contribution in [2.45, 2.75) is 6.04 Å². The number of hydrogen-bond donors (Lipinski definition) is 1. The lowest BCUT2D eigenvalue weighted by Gasteiger charge is -2.25. The van der Waals surface area contributed by atoms with Gasteiger partial charge in [-0.1, -0.05) is 28.1 Å². The molecule has 1 aromatic heterocycles. The van der Waals surface area contributed by atoms with E-state index in [4.69, 9.17) is 9.47 Å². The van der Waals surface area contributed by atoms with Gasteiger partial charge in [0.1, 0.15) is 17.3 Å². The quantitative estimate of drug-likeness (QED) is 0.319. The van der Waals surface area contributed by atoms with Crippen LogP contribution in [0.25, 0.3) is 5.76 Å². The number of pyridine rings is 1. The van der Waals surface area contributed by atoms with Crippen molar-refractivity contribution in [1.29, 1.82) is 0 Å². The predicted octanol–water partition coefficient (Wildman–Crippen LogP) is 4.49. The molecule has 1 aliphatic rings. The lowest BCUT2D eigenvalue weighted by Crippen LogP contribution is -2.29. The van der Waals surface area contributed by atoms with Gasteiger partial charge in [-0.05, 0) is 42.0 Å². The Bertz CT molecular complexity index is 1230. The minimum absolute atomic E-state index is 0.0496. The number of ketones is 1. The third-order valence-corrected chi connectivity index (χ3v) is 5.69. The molecule has 32 heavy (non-hydrogen) atoms. The number of ether oxygens (including phenoxy) is 2. The SMILES string of the molecule is COc1ccc(/C(O)=C2/C(=O)C(=O)N(c3cccc(Br)c3)C2c2cccnc2)c(OC)c1. The predicted molar refractivity (Wildman–Crippen MR) is 123 cm³/mol. The normalized spacial score (nSPS) is 17.5. The van der Waals surface area contributed by atoms with Crippen molar-refractivity contribution in [2.75, 3.05) is 19.1 Å². The second-order valence-corrected chi connectivity index (χ2v) is 7.92. The summed E-state index contributed by atoms with van der Waals surface area (Å²) < 4.78 is 11.4. The fourth-order valence-corrected chi connectivity index (χ4v) is 4.10. The van der Waals surface area contributed by atoms with Crippen LogP contribution in [0.15, 0.2) is 77.0 Å². The molecule has 2 aromatic carbocycles. The summed E-state index contributed by atoms with van der Waals surface area (Å²) in [5, 5.41) is 11.3. The molecule has 3 aromatic rings. The van der Waals surface area contributed by atoms with Crippen LogP contribution in [-0.4, -0.2) is 36.0 Å². The second-order valence-electron chi connectivity index (χ2n) is 7.00. The molecule has 2 heterocycles. The molecule has 162 valence electrons. The van der Waals surface area contributed by atoms with Crippen molar-refractivity contribution >= 4 is 39.1 Å². The highest BCUT2D eigenvalue weighted by molar-refractivity contribution is 9.10. The topological polar surface area (TPSA) is 89.0 Å². The number of Topliss-reactive ketones (excluding diaryl/α,β-unsaturated/α-hetero) is 1. The molecule has 8 heteroatoms. The van der Waals surface area contributed by atoms with E-state index in [9.17, 15) is 14.7 Å². The molecular weight excluding hydrogens is 476 g/mol. The average molecular weight is 495 g/mol. The Balaban J connectivity index is 1.96. The van der Waals surface area contributed by atoms with E-state index in [1.165, 1.54) is 19.1 Å². The number of aromatic nitrogens is 1. The molecular formula is C24H19BrN2O5. The average Bonchev–Trinajstić information content (AvgIpc) is 3.09. The van der Waals surface area contributed by atoms with Gasteiger partial charge in [-0.15, -0.1) is 0 Å². The van der Waals surface area contributed by atoms with Crippen molar-refractivity contribution < 1.29 is 24.2 Å². The van der Waals surface area contributed by atoms with Crippen LogP contribution in [0.1, 0.15) is 17.2 Å². The number of carbonyl (C=O) groups excluding carboxylic acids is 2. The molecule has 1 unspecified atom stereocenters. The summed E-state index contributed by atoms with van der Waals surface area (Å²) in [5.74, 6) is -1.05. The van der Waals surface area contributed by atoms with Crippen molar-refractivity contribution in [3.63, 3.8) is 0 Å². The van der Waals surface area contributed by atoms with Crippen LogP contribution in [0.5, 0.6) is 11.5 Å². The maximum atomic E-state index is 13.2.